The van der Waals surface area contributed by atoms with Gasteiger partial charge in [0.15, 0.2) is 0 Å². The first-order valence-corrected chi connectivity index (χ1v) is 9.03. The van der Waals surface area contributed by atoms with Crippen LogP contribution in [0.3, 0.4) is 0 Å². The number of nitrogens with two attached hydrogens (primary N) is 1. The van der Waals surface area contributed by atoms with Crippen LogP contribution in [0.2, 0.25) is 0 Å². The number of aryl methyl sites for hydroxylation is 4. The normalized spacial score (nSPS) is 11.2. The minimum atomic E-state index is 0.693. The third-order valence-electron chi connectivity index (χ3n) is 4.59. The minimum Gasteiger partial charge on any atom is -0.494 e. The molecule has 1 aromatic heterocycles. The number of para-hydroxylation sites is 1. The van der Waals surface area contributed by atoms with Gasteiger partial charge >= 0.3 is 0 Å². The zero-order chi connectivity index (χ0) is 17.6. The van der Waals surface area contributed by atoms with Crippen molar-refractivity contribution in [3.8, 4) is 5.75 Å². The maximum Gasteiger partial charge on any atom is 0.119 e. The van der Waals surface area contributed by atoms with Gasteiger partial charge in [0.25, 0.3) is 0 Å². The van der Waals surface area contributed by atoms with Crippen LogP contribution in [-0.4, -0.2) is 22.7 Å². The summed E-state index contributed by atoms with van der Waals surface area (Å²) >= 11 is 0. The minimum absolute atomic E-state index is 0.693. The van der Waals surface area contributed by atoms with E-state index < -0.39 is 0 Å². The summed E-state index contributed by atoms with van der Waals surface area (Å²) in [7, 11) is 0. The van der Waals surface area contributed by atoms with E-state index in [9.17, 15) is 0 Å². The highest BCUT2D eigenvalue weighted by atomic mass is 16.5. The fourth-order valence-corrected chi connectivity index (χ4v) is 3.06. The van der Waals surface area contributed by atoms with Crippen LogP contribution >= 0.6 is 0 Å². The molecule has 1 heterocycles. The van der Waals surface area contributed by atoms with Gasteiger partial charge in [-0.15, -0.1) is 0 Å². The van der Waals surface area contributed by atoms with Crippen LogP contribution in [-0.2, 0) is 13.0 Å². The van der Waals surface area contributed by atoms with Crippen molar-refractivity contribution in [3.63, 3.8) is 0 Å². The highest BCUT2D eigenvalue weighted by molar-refractivity contribution is 5.78. The zero-order valence-electron chi connectivity index (χ0n) is 15.2. The fourth-order valence-electron chi connectivity index (χ4n) is 3.06. The number of ether oxygens (including phenoxy) is 1. The molecule has 0 atom stereocenters. The van der Waals surface area contributed by atoms with E-state index in [0.29, 0.717) is 13.2 Å². The van der Waals surface area contributed by atoms with Crippen LogP contribution in [0.5, 0.6) is 5.75 Å². The Bertz CT molecular complexity index is 824. The zero-order valence-corrected chi connectivity index (χ0v) is 15.2. The molecule has 0 aliphatic rings. The predicted molar refractivity (Wildman–Crippen MR) is 103 cm³/mol. The summed E-state index contributed by atoms with van der Waals surface area (Å²) in [5, 5.41) is 0. The predicted octanol–water partition coefficient (Wildman–Crippen LogP) is 4.01. The molecule has 132 valence electrons. The third-order valence-corrected chi connectivity index (χ3v) is 4.59. The Morgan fingerprint density at radius 3 is 2.56 bits per heavy atom. The molecule has 0 saturated heterocycles. The lowest BCUT2D eigenvalue weighted by Gasteiger charge is -2.11. The van der Waals surface area contributed by atoms with Gasteiger partial charge in [0.2, 0.25) is 0 Å². The van der Waals surface area contributed by atoms with Crippen molar-refractivity contribution in [2.24, 2.45) is 5.73 Å². The van der Waals surface area contributed by atoms with Gasteiger partial charge < -0.3 is 15.0 Å². The van der Waals surface area contributed by atoms with Crippen LogP contribution in [0.1, 0.15) is 29.8 Å². The Hall–Kier alpha value is -2.33. The van der Waals surface area contributed by atoms with Crippen molar-refractivity contribution in [3.05, 3.63) is 59.4 Å². The topological polar surface area (TPSA) is 53.1 Å². The summed E-state index contributed by atoms with van der Waals surface area (Å²) in [6, 6.07) is 14.4. The van der Waals surface area contributed by atoms with E-state index in [2.05, 4.69) is 30.5 Å². The van der Waals surface area contributed by atoms with Gasteiger partial charge in [0.1, 0.15) is 11.6 Å². The van der Waals surface area contributed by atoms with Crippen molar-refractivity contribution in [1.29, 1.82) is 0 Å². The number of aromatic nitrogens is 2. The largest absolute Gasteiger partial charge is 0.494 e. The summed E-state index contributed by atoms with van der Waals surface area (Å²) < 4.78 is 8.17. The lowest BCUT2D eigenvalue weighted by molar-refractivity contribution is 0.301. The molecule has 4 nitrogen and oxygen atoms in total. The first-order valence-electron chi connectivity index (χ1n) is 9.03. The van der Waals surface area contributed by atoms with Gasteiger partial charge in [-0.25, -0.2) is 4.98 Å². The van der Waals surface area contributed by atoms with Crippen molar-refractivity contribution in [2.45, 2.75) is 39.7 Å². The molecular formula is C21H27N3O. The average molecular weight is 337 g/mol. The van der Waals surface area contributed by atoms with Gasteiger partial charge in [-0.2, -0.15) is 0 Å². The molecule has 0 fully saturated rings. The van der Waals surface area contributed by atoms with Crippen LogP contribution < -0.4 is 10.5 Å². The molecule has 0 unspecified atom stereocenters. The molecule has 0 amide bonds. The summed E-state index contributed by atoms with van der Waals surface area (Å²) in [4.78, 5) is 4.86. The molecule has 3 aromatic rings. The Morgan fingerprint density at radius 2 is 1.80 bits per heavy atom. The first kappa shape index (κ1) is 17.5. The van der Waals surface area contributed by atoms with Gasteiger partial charge in [-0.3, -0.25) is 0 Å². The Labute approximate surface area is 149 Å². The van der Waals surface area contributed by atoms with E-state index in [0.717, 1.165) is 42.9 Å². The van der Waals surface area contributed by atoms with Crippen LogP contribution in [0.15, 0.2) is 42.5 Å². The fraction of sp³-hybridized carbons (Fsp3) is 0.381. The van der Waals surface area contributed by atoms with Crippen LogP contribution in [0.4, 0.5) is 0 Å². The Morgan fingerprint density at radius 1 is 1.04 bits per heavy atom. The molecule has 0 aliphatic heterocycles. The van der Waals surface area contributed by atoms with E-state index in [-0.39, 0.29) is 0 Å². The number of nitrogens with zero attached hydrogens (tertiary/aromatic N) is 2. The van der Waals surface area contributed by atoms with E-state index in [1.165, 1.54) is 16.6 Å². The van der Waals surface area contributed by atoms with Gasteiger partial charge in [-0.05, 0) is 68.6 Å². The number of benzene rings is 2. The van der Waals surface area contributed by atoms with Crippen LogP contribution in [0.25, 0.3) is 11.0 Å². The number of hydrogen-bond acceptors (Lipinski definition) is 3. The average Bonchev–Trinajstić information content (AvgIpc) is 2.95. The molecule has 2 aromatic carbocycles. The van der Waals surface area contributed by atoms with E-state index in [1.54, 1.807) is 0 Å². The Balaban J connectivity index is 1.74. The molecule has 0 spiro atoms. The van der Waals surface area contributed by atoms with Crippen molar-refractivity contribution >= 4 is 11.0 Å². The van der Waals surface area contributed by atoms with Crippen LogP contribution in [0, 0.1) is 13.8 Å². The molecule has 4 heteroatoms. The lowest BCUT2D eigenvalue weighted by atomic mass is 10.1. The third kappa shape index (κ3) is 4.20. The molecule has 2 N–H and O–H groups in total. The lowest BCUT2D eigenvalue weighted by Crippen LogP contribution is -2.10. The molecule has 0 saturated carbocycles. The second-order valence-electron chi connectivity index (χ2n) is 6.51. The van der Waals surface area contributed by atoms with Crippen molar-refractivity contribution in [1.82, 2.24) is 9.55 Å². The molecule has 0 bridgehead atoms. The smallest absolute Gasteiger partial charge is 0.119 e. The quantitative estimate of drug-likeness (QED) is 0.632. The number of fused-ring (bicyclic) bond motifs is 1. The molecule has 3 rings (SSSR count). The molecular weight excluding hydrogens is 310 g/mol. The highest BCUT2D eigenvalue weighted by Gasteiger charge is 2.11. The van der Waals surface area contributed by atoms with Crippen molar-refractivity contribution < 1.29 is 4.74 Å². The van der Waals surface area contributed by atoms with Crippen molar-refractivity contribution in [2.75, 3.05) is 13.2 Å². The summed E-state index contributed by atoms with van der Waals surface area (Å²) in [5.74, 6) is 2.05. The number of hydrogen-bond donors (Lipinski definition) is 1. The second-order valence-corrected chi connectivity index (χ2v) is 6.51. The maximum atomic E-state index is 5.83. The summed E-state index contributed by atoms with van der Waals surface area (Å²) in [6.45, 7) is 6.60. The van der Waals surface area contributed by atoms with Gasteiger partial charge in [-0.1, -0.05) is 18.2 Å². The monoisotopic (exact) mass is 337 g/mol. The van der Waals surface area contributed by atoms with Gasteiger partial charge in [0.05, 0.1) is 17.6 Å². The van der Waals surface area contributed by atoms with E-state index in [1.807, 2.05) is 30.3 Å². The van der Waals surface area contributed by atoms with E-state index >= 15 is 0 Å². The molecule has 0 radical (unpaired) electrons. The molecule has 25 heavy (non-hydrogen) atoms. The SMILES string of the molecule is Cc1cc2nc(CCCN)n(CCCOc3ccccc3)c2cc1C. The second kappa shape index (κ2) is 8.17. The summed E-state index contributed by atoms with van der Waals surface area (Å²) in [6.07, 6.45) is 2.83. The standard InChI is InChI=1S/C21H27N3O/c1-16-14-19-20(15-17(16)2)24(21(23-19)10-6-11-22)12-7-13-25-18-8-4-3-5-9-18/h3-5,8-9,14-15H,6-7,10-13,22H2,1-2H3. The first-order chi connectivity index (χ1) is 12.2. The number of rotatable bonds is 8. The number of imidazole rings is 1. The maximum absolute atomic E-state index is 5.83. The van der Waals surface area contributed by atoms with Gasteiger partial charge in [0, 0.05) is 13.0 Å². The molecule has 0 aliphatic carbocycles. The summed E-state index contributed by atoms with van der Waals surface area (Å²) in [5.41, 5.74) is 10.6. The Kier molecular flexibility index (Phi) is 5.71. The highest BCUT2D eigenvalue weighted by Crippen LogP contribution is 2.22. The van der Waals surface area contributed by atoms with E-state index in [4.69, 9.17) is 15.5 Å².